The van der Waals surface area contributed by atoms with Crippen LogP contribution >= 0.6 is 0 Å². The number of nitrogens with one attached hydrogen (secondary N) is 1. The van der Waals surface area contributed by atoms with Crippen LogP contribution in [-0.2, 0) is 0 Å². The van der Waals surface area contributed by atoms with Crippen molar-refractivity contribution in [1.82, 2.24) is 14.8 Å². The lowest BCUT2D eigenvalue weighted by Gasteiger charge is -2.12. The average molecular weight is 398 g/mol. The highest BCUT2D eigenvalue weighted by atomic mass is 16.5. The van der Waals surface area contributed by atoms with Crippen LogP contribution in [0.2, 0.25) is 0 Å². The summed E-state index contributed by atoms with van der Waals surface area (Å²) in [5, 5.41) is 2.56. The molecule has 0 saturated carbocycles. The second-order valence-corrected chi connectivity index (χ2v) is 7.88. The Morgan fingerprint density at radius 3 is 1.90 bits per heavy atom. The monoisotopic (exact) mass is 397 g/mol. The Morgan fingerprint density at radius 2 is 1.31 bits per heavy atom. The van der Waals surface area contributed by atoms with Gasteiger partial charge in [-0.3, -0.25) is 4.79 Å². The van der Waals surface area contributed by atoms with E-state index in [-0.39, 0.29) is 5.56 Å². The third-order valence-electron chi connectivity index (χ3n) is 4.80. The van der Waals surface area contributed by atoms with Crippen LogP contribution in [0.5, 0.6) is 11.5 Å². The van der Waals surface area contributed by atoms with Crippen LogP contribution in [0.15, 0.2) is 41.2 Å². The van der Waals surface area contributed by atoms with Crippen LogP contribution in [0.25, 0.3) is 21.7 Å². The van der Waals surface area contributed by atoms with E-state index in [1.807, 2.05) is 64.6 Å². The van der Waals surface area contributed by atoms with Crippen LogP contribution in [0.3, 0.4) is 0 Å². The summed E-state index contributed by atoms with van der Waals surface area (Å²) in [4.78, 5) is 19.9. The number of ether oxygens (including phenoxy) is 2. The van der Waals surface area contributed by atoms with Gasteiger partial charge in [-0.15, -0.1) is 0 Å². The third-order valence-corrected chi connectivity index (χ3v) is 4.80. The van der Waals surface area contributed by atoms with Gasteiger partial charge in [-0.1, -0.05) is 0 Å². The maximum absolute atomic E-state index is 12.6. The van der Waals surface area contributed by atoms with Gasteiger partial charge in [-0.25, -0.2) is 0 Å². The fraction of sp³-hybridized carbons (Fsp3) is 0.435. The minimum absolute atomic E-state index is 0.115. The number of pyridine rings is 1. The zero-order valence-corrected chi connectivity index (χ0v) is 17.8. The van der Waals surface area contributed by atoms with Crippen molar-refractivity contribution in [3.63, 3.8) is 0 Å². The maximum atomic E-state index is 12.6. The molecule has 156 valence electrons. The molecule has 6 heteroatoms. The fourth-order valence-corrected chi connectivity index (χ4v) is 3.32. The Labute approximate surface area is 172 Å². The molecule has 0 aliphatic carbocycles. The van der Waals surface area contributed by atoms with Crippen LogP contribution < -0.4 is 15.0 Å². The predicted molar refractivity (Wildman–Crippen MR) is 119 cm³/mol. The number of fused-ring (bicyclic) bond motifs is 3. The van der Waals surface area contributed by atoms with E-state index in [2.05, 4.69) is 14.8 Å². The summed E-state index contributed by atoms with van der Waals surface area (Å²) in [6.45, 7) is 3.23. The normalized spacial score (nSPS) is 11.7. The molecule has 0 aliphatic heterocycles. The lowest BCUT2D eigenvalue weighted by molar-refractivity contribution is 0.282. The molecule has 0 spiro atoms. The number of nitrogens with zero attached hydrogens (tertiary/aromatic N) is 2. The van der Waals surface area contributed by atoms with Crippen molar-refractivity contribution in [2.75, 3.05) is 54.5 Å². The summed E-state index contributed by atoms with van der Waals surface area (Å²) >= 11 is 0. The van der Waals surface area contributed by atoms with Crippen LogP contribution in [-0.4, -0.2) is 69.3 Å². The first-order chi connectivity index (χ1) is 13.9. The molecule has 0 radical (unpaired) electrons. The van der Waals surface area contributed by atoms with Crippen molar-refractivity contribution < 1.29 is 9.47 Å². The molecule has 0 atom stereocenters. The molecular weight excluding hydrogens is 366 g/mol. The van der Waals surface area contributed by atoms with Crippen molar-refractivity contribution in [3.8, 4) is 11.5 Å². The Hall–Kier alpha value is -2.57. The van der Waals surface area contributed by atoms with Crippen molar-refractivity contribution in [1.29, 1.82) is 0 Å². The average Bonchev–Trinajstić information content (AvgIpc) is 2.68. The molecule has 0 aliphatic rings. The Balaban J connectivity index is 1.77. The van der Waals surface area contributed by atoms with Gasteiger partial charge in [0, 0.05) is 24.5 Å². The second-order valence-electron chi connectivity index (χ2n) is 7.88. The van der Waals surface area contributed by atoms with E-state index < -0.39 is 0 Å². The van der Waals surface area contributed by atoms with E-state index in [0.717, 1.165) is 53.7 Å². The zero-order chi connectivity index (χ0) is 20.8. The van der Waals surface area contributed by atoms with Gasteiger partial charge in [-0.05, 0) is 76.8 Å². The smallest absolute Gasteiger partial charge is 0.256 e. The molecule has 2 aromatic carbocycles. The summed E-state index contributed by atoms with van der Waals surface area (Å²) in [5.41, 5.74) is 0.670. The number of H-pyrrole nitrogens is 1. The van der Waals surface area contributed by atoms with E-state index in [1.54, 1.807) is 0 Å². The van der Waals surface area contributed by atoms with Crippen LogP contribution in [0.4, 0.5) is 0 Å². The molecular formula is C23H31N3O3. The number of benzene rings is 2. The highest BCUT2D eigenvalue weighted by Gasteiger charge is 2.08. The highest BCUT2D eigenvalue weighted by molar-refractivity contribution is 6.05. The van der Waals surface area contributed by atoms with Gasteiger partial charge >= 0.3 is 0 Å². The lowest BCUT2D eigenvalue weighted by Crippen LogP contribution is -2.15. The largest absolute Gasteiger partial charge is 0.494 e. The number of aromatic nitrogens is 1. The van der Waals surface area contributed by atoms with Gasteiger partial charge < -0.3 is 24.3 Å². The first kappa shape index (κ1) is 21.1. The van der Waals surface area contributed by atoms with Crippen molar-refractivity contribution in [2.24, 2.45) is 0 Å². The summed E-state index contributed by atoms with van der Waals surface area (Å²) in [6, 6.07) is 11.6. The molecule has 3 aromatic rings. The fourth-order valence-electron chi connectivity index (χ4n) is 3.32. The number of hydrogen-bond donors (Lipinski definition) is 1. The Kier molecular flexibility index (Phi) is 7.12. The molecule has 29 heavy (non-hydrogen) atoms. The van der Waals surface area contributed by atoms with Crippen molar-refractivity contribution in [3.05, 3.63) is 46.8 Å². The molecule has 0 saturated heterocycles. The minimum Gasteiger partial charge on any atom is -0.494 e. The van der Waals surface area contributed by atoms with Gasteiger partial charge in [-0.2, -0.15) is 0 Å². The molecule has 0 unspecified atom stereocenters. The van der Waals surface area contributed by atoms with Crippen LogP contribution in [0.1, 0.15) is 12.8 Å². The molecule has 1 heterocycles. The molecule has 0 bridgehead atoms. The first-order valence-electron chi connectivity index (χ1n) is 10.1. The SMILES string of the molecule is CN(C)CCCOc1ccc2c(c1)[nH]c(=O)c1cc(OCCCN(C)C)ccc12. The number of aromatic amines is 1. The maximum Gasteiger partial charge on any atom is 0.256 e. The standard InChI is InChI=1S/C23H31N3O3/c1-25(2)11-5-13-28-17-7-9-19-20-10-8-18(29-14-6-12-26(3)4)16-22(20)24-23(27)21(19)15-17/h7-10,15-16H,5-6,11-14H2,1-4H3,(H,24,27). The van der Waals surface area contributed by atoms with E-state index in [1.165, 1.54) is 0 Å². The first-order valence-corrected chi connectivity index (χ1v) is 10.1. The molecule has 0 amide bonds. The summed E-state index contributed by atoms with van der Waals surface area (Å²) in [6.07, 6.45) is 1.90. The molecule has 1 N–H and O–H groups in total. The van der Waals surface area contributed by atoms with Gasteiger partial charge in [0.15, 0.2) is 0 Å². The van der Waals surface area contributed by atoms with E-state index in [4.69, 9.17) is 9.47 Å². The highest BCUT2D eigenvalue weighted by Crippen LogP contribution is 2.27. The van der Waals surface area contributed by atoms with Gasteiger partial charge in [0.2, 0.25) is 0 Å². The Bertz CT molecular complexity index is 1010. The third kappa shape index (κ3) is 5.71. The molecule has 3 rings (SSSR count). The molecule has 0 fully saturated rings. The zero-order valence-electron chi connectivity index (χ0n) is 17.8. The summed E-state index contributed by atoms with van der Waals surface area (Å²) < 4.78 is 11.7. The van der Waals surface area contributed by atoms with Gasteiger partial charge in [0.25, 0.3) is 5.56 Å². The Morgan fingerprint density at radius 1 is 0.759 bits per heavy atom. The minimum atomic E-state index is -0.115. The van der Waals surface area contributed by atoms with Crippen LogP contribution in [0, 0.1) is 0 Å². The van der Waals surface area contributed by atoms with E-state index >= 15 is 0 Å². The van der Waals surface area contributed by atoms with Crippen molar-refractivity contribution >= 4 is 21.7 Å². The summed E-state index contributed by atoms with van der Waals surface area (Å²) in [5.74, 6) is 1.49. The van der Waals surface area contributed by atoms with Crippen molar-refractivity contribution in [2.45, 2.75) is 12.8 Å². The quantitative estimate of drug-likeness (QED) is 0.420. The lowest BCUT2D eigenvalue weighted by atomic mass is 10.1. The molecule has 1 aromatic heterocycles. The van der Waals surface area contributed by atoms with E-state index in [0.29, 0.717) is 18.6 Å². The predicted octanol–water partition coefficient (Wildman–Crippen LogP) is 3.34. The van der Waals surface area contributed by atoms with Gasteiger partial charge in [0.05, 0.1) is 24.1 Å². The topological polar surface area (TPSA) is 57.8 Å². The van der Waals surface area contributed by atoms with Gasteiger partial charge in [0.1, 0.15) is 11.5 Å². The second kappa shape index (κ2) is 9.76. The number of rotatable bonds is 10. The number of hydrogen-bond acceptors (Lipinski definition) is 5. The van der Waals surface area contributed by atoms with E-state index in [9.17, 15) is 4.79 Å². The summed E-state index contributed by atoms with van der Waals surface area (Å²) in [7, 11) is 8.18. The molecule has 6 nitrogen and oxygen atoms in total.